The fraction of sp³-hybridized carbons (Fsp3) is 0. The highest BCUT2D eigenvalue weighted by Gasteiger charge is 2.08. The normalized spacial score (nSPS) is 9.80. The van der Waals surface area contributed by atoms with Crippen LogP contribution in [0.1, 0.15) is 0 Å². The van der Waals surface area contributed by atoms with Gasteiger partial charge in [0.1, 0.15) is 5.75 Å². The molecule has 0 spiro atoms. The number of benzene rings is 2. The molecule has 2 aromatic rings. The molecule has 0 atom stereocenters. The van der Waals surface area contributed by atoms with E-state index >= 15 is 0 Å². The second-order valence-electron chi connectivity index (χ2n) is 3.93. The average Bonchev–Trinajstić information content (AvgIpc) is 2.41. The van der Waals surface area contributed by atoms with Crippen molar-refractivity contribution in [2.24, 2.45) is 0 Å². The summed E-state index contributed by atoms with van der Waals surface area (Å²) in [5.41, 5.74) is 0.702. The van der Waals surface area contributed by atoms with Gasteiger partial charge in [-0.1, -0.05) is 6.07 Å². The van der Waals surface area contributed by atoms with Crippen LogP contribution < -0.4 is 10.6 Å². The van der Waals surface area contributed by atoms with Crippen LogP contribution in [-0.2, 0) is 0 Å². The molecule has 3 N–H and O–H groups in total. The molecule has 2 rings (SSSR count). The second kappa shape index (κ2) is 5.70. The van der Waals surface area contributed by atoms with Crippen molar-refractivity contribution in [2.45, 2.75) is 0 Å². The molecule has 2 aromatic carbocycles. The van der Waals surface area contributed by atoms with Gasteiger partial charge in [-0.25, -0.2) is 4.79 Å². The van der Waals surface area contributed by atoms with Gasteiger partial charge in [0, 0.05) is 23.5 Å². The van der Waals surface area contributed by atoms with Gasteiger partial charge in [-0.15, -0.1) is 0 Å². The summed E-state index contributed by atoms with van der Waals surface area (Å²) in [5, 5.41) is 24.8. The number of nitrogens with zero attached hydrogens (tertiary/aromatic N) is 1. The largest absolute Gasteiger partial charge is 0.508 e. The maximum Gasteiger partial charge on any atom is 0.323 e. The number of phenolic OH excluding ortho intramolecular Hbond substituents is 1. The number of hydrogen-bond donors (Lipinski definition) is 3. The van der Waals surface area contributed by atoms with Gasteiger partial charge in [-0.05, 0) is 30.3 Å². The number of non-ortho nitro benzene ring substituents is 1. The van der Waals surface area contributed by atoms with E-state index in [-0.39, 0.29) is 11.4 Å². The summed E-state index contributed by atoms with van der Waals surface area (Å²) in [6.45, 7) is 0. The lowest BCUT2D eigenvalue weighted by Gasteiger charge is -2.07. The van der Waals surface area contributed by atoms with Crippen molar-refractivity contribution in [1.29, 1.82) is 0 Å². The minimum absolute atomic E-state index is 0.0923. The molecule has 0 heterocycles. The number of aromatic hydroxyl groups is 1. The lowest BCUT2D eigenvalue weighted by atomic mass is 10.3. The van der Waals surface area contributed by atoms with Gasteiger partial charge in [-0.2, -0.15) is 0 Å². The molecule has 0 bridgehead atoms. The van der Waals surface area contributed by atoms with E-state index in [1.807, 2.05) is 0 Å². The fourth-order valence-corrected chi connectivity index (χ4v) is 1.54. The number of anilines is 2. The molecule has 2 amide bonds. The summed E-state index contributed by atoms with van der Waals surface area (Å²) in [4.78, 5) is 21.8. The Morgan fingerprint density at radius 1 is 1.05 bits per heavy atom. The van der Waals surface area contributed by atoms with E-state index in [1.54, 1.807) is 6.07 Å². The van der Waals surface area contributed by atoms with Gasteiger partial charge in [-0.3, -0.25) is 10.1 Å². The van der Waals surface area contributed by atoms with Gasteiger partial charge >= 0.3 is 6.03 Å². The predicted octanol–water partition coefficient (Wildman–Crippen LogP) is 2.94. The third-order valence-corrected chi connectivity index (χ3v) is 2.44. The first-order chi connectivity index (χ1) is 9.54. The number of carbonyl (C=O) groups is 1. The molecule has 0 unspecified atom stereocenters. The van der Waals surface area contributed by atoms with Gasteiger partial charge < -0.3 is 15.7 Å². The van der Waals surface area contributed by atoms with Crippen LogP contribution >= 0.6 is 0 Å². The van der Waals surface area contributed by atoms with E-state index in [9.17, 15) is 14.9 Å². The van der Waals surface area contributed by atoms with Crippen molar-refractivity contribution in [3.05, 3.63) is 58.6 Å². The molecule has 0 radical (unpaired) electrons. The van der Waals surface area contributed by atoms with Crippen LogP contribution in [0.4, 0.5) is 21.9 Å². The van der Waals surface area contributed by atoms with Crippen LogP contribution in [0.25, 0.3) is 0 Å². The third kappa shape index (κ3) is 3.45. The highest BCUT2D eigenvalue weighted by atomic mass is 16.6. The topological polar surface area (TPSA) is 104 Å². The van der Waals surface area contributed by atoms with Crippen molar-refractivity contribution < 1.29 is 14.8 Å². The standard InChI is InChI=1S/C13H11N3O4/c17-12-6-4-9(5-7-12)14-13(18)15-10-2-1-3-11(8-10)16(19)20/h1-8,17H,(H2,14,15,18). The Balaban J connectivity index is 2.02. The highest BCUT2D eigenvalue weighted by Crippen LogP contribution is 2.18. The van der Waals surface area contributed by atoms with Gasteiger partial charge in [0.15, 0.2) is 0 Å². The molecule has 102 valence electrons. The van der Waals surface area contributed by atoms with Gasteiger partial charge in [0.05, 0.1) is 4.92 Å². The Labute approximate surface area is 114 Å². The van der Waals surface area contributed by atoms with Gasteiger partial charge in [0.2, 0.25) is 0 Å². The number of hydrogen-bond acceptors (Lipinski definition) is 4. The van der Waals surface area contributed by atoms with E-state index in [2.05, 4.69) is 10.6 Å². The lowest BCUT2D eigenvalue weighted by Crippen LogP contribution is -2.19. The van der Waals surface area contributed by atoms with Crippen LogP contribution in [0, 0.1) is 10.1 Å². The average molecular weight is 273 g/mol. The third-order valence-electron chi connectivity index (χ3n) is 2.44. The van der Waals surface area contributed by atoms with Crippen LogP contribution in [0.2, 0.25) is 0 Å². The molecule has 7 heteroatoms. The van der Waals surface area contributed by atoms with Crippen molar-refractivity contribution in [3.63, 3.8) is 0 Å². The lowest BCUT2D eigenvalue weighted by molar-refractivity contribution is -0.384. The zero-order chi connectivity index (χ0) is 14.5. The fourth-order valence-electron chi connectivity index (χ4n) is 1.54. The maximum absolute atomic E-state index is 11.7. The number of carbonyl (C=O) groups excluding carboxylic acids is 1. The minimum atomic E-state index is -0.539. The minimum Gasteiger partial charge on any atom is -0.508 e. The van der Waals surface area contributed by atoms with E-state index in [4.69, 9.17) is 5.11 Å². The smallest absolute Gasteiger partial charge is 0.323 e. The molecule has 0 aromatic heterocycles. The summed E-state index contributed by atoms with van der Waals surface area (Å²) in [6.07, 6.45) is 0. The first-order valence-corrected chi connectivity index (χ1v) is 5.66. The molecule has 0 aliphatic carbocycles. The quantitative estimate of drug-likeness (QED) is 0.454. The summed E-state index contributed by atoms with van der Waals surface area (Å²) in [6, 6.07) is 11.0. The number of nitro benzene ring substituents is 1. The molecular formula is C13H11N3O4. The van der Waals surface area contributed by atoms with Gasteiger partial charge in [0.25, 0.3) is 5.69 Å². The SMILES string of the molecule is O=C(Nc1ccc(O)cc1)Nc1cccc([N+](=O)[O-])c1. The van der Waals surface area contributed by atoms with Crippen molar-refractivity contribution in [2.75, 3.05) is 10.6 Å². The number of nitro groups is 1. The number of phenols is 1. The predicted molar refractivity (Wildman–Crippen MR) is 73.8 cm³/mol. The number of amides is 2. The second-order valence-corrected chi connectivity index (χ2v) is 3.93. The van der Waals surface area contributed by atoms with Crippen LogP contribution in [0.5, 0.6) is 5.75 Å². The van der Waals surface area contributed by atoms with E-state index in [1.165, 1.54) is 42.5 Å². The van der Waals surface area contributed by atoms with Crippen LogP contribution in [0.3, 0.4) is 0 Å². The van der Waals surface area contributed by atoms with E-state index in [0.717, 1.165) is 0 Å². The Kier molecular flexibility index (Phi) is 3.80. The monoisotopic (exact) mass is 273 g/mol. The molecule has 0 fully saturated rings. The van der Waals surface area contributed by atoms with Crippen molar-refractivity contribution in [3.8, 4) is 5.75 Å². The molecule has 0 aliphatic heterocycles. The molecule has 7 nitrogen and oxygen atoms in total. The van der Waals surface area contributed by atoms with Crippen molar-refractivity contribution >= 4 is 23.1 Å². The van der Waals surface area contributed by atoms with E-state index in [0.29, 0.717) is 11.4 Å². The number of nitrogens with one attached hydrogen (secondary N) is 2. The summed E-state index contributed by atoms with van der Waals surface area (Å²) in [7, 11) is 0. The first-order valence-electron chi connectivity index (χ1n) is 5.66. The molecule has 0 aliphatic rings. The number of rotatable bonds is 3. The molecule has 0 saturated carbocycles. The molecule has 0 saturated heterocycles. The zero-order valence-electron chi connectivity index (χ0n) is 10.2. The highest BCUT2D eigenvalue weighted by molar-refractivity contribution is 5.99. The maximum atomic E-state index is 11.7. The Morgan fingerprint density at radius 2 is 1.70 bits per heavy atom. The number of urea groups is 1. The van der Waals surface area contributed by atoms with E-state index < -0.39 is 11.0 Å². The Bertz CT molecular complexity index is 640. The summed E-state index contributed by atoms with van der Waals surface area (Å²) in [5.74, 6) is 0.0923. The Hall–Kier alpha value is -3.09. The Morgan fingerprint density at radius 3 is 2.35 bits per heavy atom. The molecule has 20 heavy (non-hydrogen) atoms. The first kappa shape index (κ1) is 13.3. The van der Waals surface area contributed by atoms with Crippen LogP contribution in [0.15, 0.2) is 48.5 Å². The summed E-state index contributed by atoms with van der Waals surface area (Å²) >= 11 is 0. The zero-order valence-corrected chi connectivity index (χ0v) is 10.2. The van der Waals surface area contributed by atoms with Crippen LogP contribution in [-0.4, -0.2) is 16.1 Å². The molecular weight excluding hydrogens is 262 g/mol. The van der Waals surface area contributed by atoms with Crippen molar-refractivity contribution in [1.82, 2.24) is 0 Å². The summed E-state index contributed by atoms with van der Waals surface area (Å²) < 4.78 is 0.